The molecule has 0 fully saturated rings. The molecule has 1 heterocycles. The molecule has 0 saturated heterocycles. The molecule has 0 aliphatic heterocycles. The summed E-state index contributed by atoms with van der Waals surface area (Å²) >= 11 is 4.49. The minimum atomic E-state index is -3.80. The van der Waals surface area contributed by atoms with E-state index in [0.29, 0.717) is 11.0 Å². The fourth-order valence-corrected chi connectivity index (χ4v) is 4.54. The smallest absolute Gasteiger partial charge is 0.262 e. The van der Waals surface area contributed by atoms with Crippen molar-refractivity contribution in [3.63, 3.8) is 0 Å². The van der Waals surface area contributed by atoms with E-state index < -0.39 is 15.8 Å². The van der Waals surface area contributed by atoms with Gasteiger partial charge in [0.2, 0.25) is 0 Å². The van der Waals surface area contributed by atoms with Gasteiger partial charge in [-0.05, 0) is 40.7 Å². The Morgan fingerprint density at radius 2 is 2.14 bits per heavy atom. The van der Waals surface area contributed by atoms with Crippen LogP contribution in [-0.4, -0.2) is 15.0 Å². The maximum Gasteiger partial charge on any atom is 0.262 e. The van der Waals surface area contributed by atoms with Crippen LogP contribution in [0.3, 0.4) is 0 Å². The van der Waals surface area contributed by atoms with Crippen molar-refractivity contribution in [2.75, 3.05) is 11.3 Å². The van der Waals surface area contributed by atoms with Crippen LogP contribution in [0.5, 0.6) is 0 Å². The highest BCUT2D eigenvalue weighted by atomic mass is 79.9. The van der Waals surface area contributed by atoms with Gasteiger partial charge >= 0.3 is 0 Å². The molecule has 1 aromatic carbocycles. The molecule has 8 heteroatoms. The number of halogens is 2. The van der Waals surface area contributed by atoms with Crippen LogP contribution in [0.4, 0.5) is 10.1 Å². The Balaban J connectivity index is 2.24. The van der Waals surface area contributed by atoms with Gasteiger partial charge in [0, 0.05) is 21.3 Å². The van der Waals surface area contributed by atoms with Crippen molar-refractivity contribution in [3.8, 4) is 0 Å². The number of thiophene rings is 1. The van der Waals surface area contributed by atoms with Gasteiger partial charge in [0.15, 0.2) is 0 Å². The average Bonchev–Trinajstić information content (AvgIpc) is 2.90. The molecule has 0 bridgehead atoms. The first-order valence-corrected chi connectivity index (χ1v) is 9.34. The molecule has 2 rings (SSSR count). The van der Waals surface area contributed by atoms with Crippen molar-refractivity contribution in [1.29, 1.82) is 0 Å². The molecule has 114 valence electrons. The third-order valence-corrected chi connectivity index (χ3v) is 5.76. The molecule has 0 aliphatic carbocycles. The van der Waals surface area contributed by atoms with Crippen LogP contribution in [-0.2, 0) is 16.6 Å². The van der Waals surface area contributed by atoms with E-state index in [0.717, 1.165) is 11.4 Å². The van der Waals surface area contributed by atoms with E-state index in [1.54, 1.807) is 17.5 Å². The normalized spacial score (nSPS) is 11.6. The molecule has 21 heavy (non-hydrogen) atoms. The molecule has 2 aromatic rings. The number of nitrogens with one attached hydrogen (secondary N) is 2. The molecule has 0 spiro atoms. The van der Waals surface area contributed by atoms with Gasteiger partial charge in [-0.15, -0.1) is 11.3 Å². The van der Waals surface area contributed by atoms with Gasteiger partial charge < -0.3 is 5.32 Å². The van der Waals surface area contributed by atoms with E-state index in [-0.39, 0.29) is 10.6 Å². The molecule has 0 saturated carbocycles. The van der Waals surface area contributed by atoms with Crippen LogP contribution >= 0.6 is 27.3 Å². The first kappa shape index (κ1) is 16.4. The predicted molar refractivity (Wildman–Crippen MR) is 86.6 cm³/mol. The summed E-state index contributed by atoms with van der Waals surface area (Å²) in [4.78, 5) is 1.04. The lowest BCUT2D eigenvalue weighted by Gasteiger charge is -2.09. The molecular formula is C13H14BrFN2O2S2. The van der Waals surface area contributed by atoms with Crippen molar-refractivity contribution < 1.29 is 12.8 Å². The largest absolute Gasteiger partial charge is 0.312 e. The van der Waals surface area contributed by atoms with Gasteiger partial charge in [-0.3, -0.25) is 4.72 Å². The second kappa shape index (κ2) is 6.87. The topological polar surface area (TPSA) is 58.2 Å². The van der Waals surface area contributed by atoms with Gasteiger partial charge in [0.1, 0.15) is 5.82 Å². The highest BCUT2D eigenvalue weighted by molar-refractivity contribution is 9.10. The van der Waals surface area contributed by atoms with Gasteiger partial charge in [-0.2, -0.15) is 0 Å². The maximum absolute atomic E-state index is 13.7. The predicted octanol–water partition coefficient (Wildman–Crippen LogP) is 3.56. The Morgan fingerprint density at radius 1 is 1.38 bits per heavy atom. The lowest BCUT2D eigenvalue weighted by molar-refractivity contribution is 0.598. The minimum Gasteiger partial charge on any atom is -0.312 e. The molecular weight excluding hydrogens is 379 g/mol. The van der Waals surface area contributed by atoms with Crippen molar-refractivity contribution in [2.24, 2.45) is 0 Å². The molecule has 0 atom stereocenters. The van der Waals surface area contributed by atoms with E-state index in [1.165, 1.54) is 23.5 Å². The quantitative estimate of drug-likeness (QED) is 0.789. The number of benzene rings is 1. The van der Waals surface area contributed by atoms with Crippen LogP contribution in [0.25, 0.3) is 0 Å². The number of rotatable bonds is 6. The van der Waals surface area contributed by atoms with E-state index in [2.05, 4.69) is 26.0 Å². The second-order valence-corrected chi connectivity index (χ2v) is 7.76. The summed E-state index contributed by atoms with van der Waals surface area (Å²) in [5.74, 6) is -0.629. The minimum absolute atomic E-state index is 0.0862. The van der Waals surface area contributed by atoms with E-state index in [1.807, 2.05) is 6.92 Å². The molecule has 1 aromatic heterocycles. The molecule has 0 unspecified atom stereocenters. The molecule has 0 radical (unpaired) electrons. The third-order valence-electron chi connectivity index (χ3n) is 2.69. The number of hydrogen-bond acceptors (Lipinski definition) is 4. The van der Waals surface area contributed by atoms with Gasteiger partial charge in [0.25, 0.3) is 10.0 Å². The highest BCUT2D eigenvalue weighted by Crippen LogP contribution is 2.29. The summed E-state index contributed by atoms with van der Waals surface area (Å²) in [6.45, 7) is 3.39. The fraction of sp³-hybridized carbons (Fsp3) is 0.231. The molecule has 0 amide bonds. The average molecular weight is 393 g/mol. The zero-order valence-electron chi connectivity index (χ0n) is 11.2. The molecule has 0 aliphatic rings. The van der Waals surface area contributed by atoms with Crippen LogP contribution in [0, 0.1) is 5.82 Å². The lowest BCUT2D eigenvalue weighted by Crippen LogP contribution is -2.14. The first-order valence-electron chi connectivity index (χ1n) is 6.19. The van der Waals surface area contributed by atoms with Crippen LogP contribution in [0.2, 0.25) is 0 Å². The Bertz CT molecular complexity index is 711. The first-order chi connectivity index (χ1) is 9.94. The second-order valence-electron chi connectivity index (χ2n) is 4.23. The SMILES string of the molecule is CCNCc1cc(S(=O)(=O)Nc2c(F)cccc2Br)cs1. The van der Waals surface area contributed by atoms with Crippen LogP contribution in [0.1, 0.15) is 11.8 Å². The fourth-order valence-electron chi connectivity index (χ4n) is 1.63. The summed E-state index contributed by atoms with van der Waals surface area (Å²) in [6.07, 6.45) is 0. The Hall–Kier alpha value is -0.960. The summed E-state index contributed by atoms with van der Waals surface area (Å²) in [5.41, 5.74) is -0.0862. The third kappa shape index (κ3) is 4.03. The van der Waals surface area contributed by atoms with Gasteiger partial charge in [-0.25, -0.2) is 12.8 Å². The van der Waals surface area contributed by atoms with E-state index in [9.17, 15) is 12.8 Å². The summed E-state index contributed by atoms with van der Waals surface area (Å²) in [6, 6.07) is 5.86. The lowest BCUT2D eigenvalue weighted by atomic mass is 10.3. The monoisotopic (exact) mass is 392 g/mol. The zero-order chi connectivity index (χ0) is 15.5. The van der Waals surface area contributed by atoms with Crippen molar-refractivity contribution in [2.45, 2.75) is 18.4 Å². The number of para-hydroxylation sites is 1. The Morgan fingerprint density at radius 3 is 2.81 bits per heavy atom. The number of anilines is 1. The Labute approximate surface area is 135 Å². The van der Waals surface area contributed by atoms with Crippen molar-refractivity contribution in [3.05, 3.63) is 44.8 Å². The van der Waals surface area contributed by atoms with E-state index in [4.69, 9.17) is 0 Å². The molecule has 4 nitrogen and oxygen atoms in total. The highest BCUT2D eigenvalue weighted by Gasteiger charge is 2.19. The standard InChI is InChI=1S/C13H14BrFN2O2S2/c1-2-16-7-9-6-10(8-20-9)21(18,19)17-13-11(14)4-3-5-12(13)15/h3-6,8,16-17H,2,7H2,1H3. The zero-order valence-corrected chi connectivity index (χ0v) is 14.4. The van der Waals surface area contributed by atoms with E-state index >= 15 is 0 Å². The number of sulfonamides is 1. The summed E-state index contributed by atoms with van der Waals surface area (Å²) in [5, 5.41) is 4.67. The Kier molecular flexibility index (Phi) is 5.37. The summed E-state index contributed by atoms with van der Waals surface area (Å²) < 4.78 is 40.9. The number of hydrogen-bond donors (Lipinski definition) is 2. The van der Waals surface area contributed by atoms with Gasteiger partial charge in [0.05, 0.1) is 10.6 Å². The molecule has 2 N–H and O–H groups in total. The van der Waals surface area contributed by atoms with Crippen LogP contribution < -0.4 is 10.0 Å². The van der Waals surface area contributed by atoms with Crippen molar-refractivity contribution in [1.82, 2.24) is 5.32 Å². The maximum atomic E-state index is 13.7. The van der Waals surface area contributed by atoms with Crippen LogP contribution in [0.15, 0.2) is 39.0 Å². The summed E-state index contributed by atoms with van der Waals surface area (Å²) in [7, 11) is -3.80. The van der Waals surface area contributed by atoms with Gasteiger partial charge in [-0.1, -0.05) is 13.0 Å². The van der Waals surface area contributed by atoms with Crippen molar-refractivity contribution >= 4 is 43.0 Å².